The lowest BCUT2D eigenvalue weighted by atomic mass is 10.1. The number of amides is 1. The van der Waals surface area contributed by atoms with Crippen molar-refractivity contribution in [2.75, 3.05) is 0 Å². The predicted molar refractivity (Wildman–Crippen MR) is 114 cm³/mol. The average Bonchev–Trinajstić information content (AvgIpc) is 2.69. The number of esters is 1. The third kappa shape index (κ3) is 5.67. The topological polar surface area (TPSA) is 67.8 Å². The maximum atomic E-state index is 12.2. The molecule has 0 saturated carbocycles. The monoisotopic (exact) mass is 426 g/mol. The summed E-state index contributed by atoms with van der Waals surface area (Å²) in [6.45, 7) is 1.91. The molecule has 0 heterocycles. The first-order chi connectivity index (χ1) is 13.9. The van der Waals surface area contributed by atoms with E-state index in [9.17, 15) is 9.59 Å². The van der Waals surface area contributed by atoms with Crippen LogP contribution in [0.25, 0.3) is 0 Å². The highest BCUT2D eigenvalue weighted by Gasteiger charge is 2.10. The molecule has 0 atom stereocenters. The second-order valence-corrected chi connectivity index (χ2v) is 6.99. The van der Waals surface area contributed by atoms with Crippen LogP contribution in [-0.2, 0) is 0 Å². The van der Waals surface area contributed by atoms with Gasteiger partial charge in [-0.25, -0.2) is 10.2 Å². The van der Waals surface area contributed by atoms with Crippen molar-refractivity contribution in [2.24, 2.45) is 5.10 Å². The average molecular weight is 427 g/mol. The molecule has 1 amide bonds. The molecule has 0 bridgehead atoms. The van der Waals surface area contributed by atoms with Gasteiger partial charge in [-0.1, -0.05) is 40.9 Å². The van der Waals surface area contributed by atoms with Gasteiger partial charge in [0.2, 0.25) is 0 Å². The van der Waals surface area contributed by atoms with E-state index < -0.39 is 11.9 Å². The number of carbonyl (C=O) groups excluding carboxylic acids is 2. The van der Waals surface area contributed by atoms with Crippen LogP contribution in [0.15, 0.2) is 71.8 Å². The molecular formula is C22H16Cl2N2O3. The van der Waals surface area contributed by atoms with Crippen molar-refractivity contribution < 1.29 is 14.3 Å². The number of nitrogens with one attached hydrogen (secondary N) is 1. The Morgan fingerprint density at radius 3 is 2.45 bits per heavy atom. The molecule has 1 N–H and O–H groups in total. The van der Waals surface area contributed by atoms with E-state index >= 15 is 0 Å². The summed E-state index contributed by atoms with van der Waals surface area (Å²) in [5.74, 6) is -0.473. The van der Waals surface area contributed by atoms with Gasteiger partial charge >= 0.3 is 5.97 Å². The van der Waals surface area contributed by atoms with Crippen LogP contribution >= 0.6 is 23.2 Å². The molecule has 3 aromatic rings. The Balaban J connectivity index is 1.58. The molecule has 7 heteroatoms. The molecule has 0 spiro atoms. The van der Waals surface area contributed by atoms with Gasteiger partial charge in [-0.05, 0) is 67.1 Å². The van der Waals surface area contributed by atoms with E-state index in [1.54, 1.807) is 48.5 Å². The number of aryl methyl sites for hydroxylation is 1. The molecule has 3 rings (SSSR count). The van der Waals surface area contributed by atoms with Crippen LogP contribution in [0.3, 0.4) is 0 Å². The van der Waals surface area contributed by atoms with Crippen molar-refractivity contribution in [3.8, 4) is 5.75 Å². The first-order valence-electron chi connectivity index (χ1n) is 8.60. The van der Waals surface area contributed by atoms with Gasteiger partial charge in [-0.15, -0.1) is 0 Å². The summed E-state index contributed by atoms with van der Waals surface area (Å²) in [6.07, 6.45) is 1.47. The van der Waals surface area contributed by atoms with Crippen LogP contribution in [-0.4, -0.2) is 18.1 Å². The fourth-order valence-electron chi connectivity index (χ4n) is 2.46. The largest absolute Gasteiger partial charge is 0.423 e. The van der Waals surface area contributed by atoms with E-state index in [0.29, 0.717) is 21.9 Å². The molecular weight excluding hydrogens is 411 g/mol. The van der Waals surface area contributed by atoms with Crippen molar-refractivity contribution in [2.45, 2.75) is 6.92 Å². The molecule has 0 aliphatic heterocycles. The molecule has 0 aliphatic rings. The fourth-order valence-corrected chi connectivity index (χ4v) is 2.95. The zero-order valence-electron chi connectivity index (χ0n) is 15.4. The maximum Gasteiger partial charge on any atom is 0.343 e. The van der Waals surface area contributed by atoms with Crippen molar-refractivity contribution in [1.29, 1.82) is 0 Å². The van der Waals surface area contributed by atoms with Crippen LogP contribution in [0.4, 0.5) is 0 Å². The van der Waals surface area contributed by atoms with Gasteiger partial charge < -0.3 is 4.74 Å². The Morgan fingerprint density at radius 1 is 1.00 bits per heavy atom. The Morgan fingerprint density at radius 2 is 1.76 bits per heavy atom. The first kappa shape index (κ1) is 20.6. The van der Waals surface area contributed by atoms with Gasteiger partial charge in [-0.3, -0.25) is 4.79 Å². The van der Waals surface area contributed by atoms with Crippen LogP contribution in [0.1, 0.15) is 31.8 Å². The Kier molecular flexibility index (Phi) is 6.65. The zero-order valence-corrected chi connectivity index (χ0v) is 16.9. The fraction of sp³-hybridized carbons (Fsp3) is 0.0455. The number of nitrogens with zero attached hydrogens (tertiary/aromatic N) is 1. The number of hydrazone groups is 1. The minimum Gasteiger partial charge on any atom is -0.423 e. The lowest BCUT2D eigenvalue weighted by Crippen LogP contribution is -2.18. The molecule has 0 saturated heterocycles. The highest BCUT2D eigenvalue weighted by atomic mass is 35.5. The number of benzene rings is 3. The summed E-state index contributed by atoms with van der Waals surface area (Å²) < 4.78 is 5.36. The second-order valence-electron chi connectivity index (χ2n) is 6.15. The summed E-state index contributed by atoms with van der Waals surface area (Å²) >= 11 is 11.8. The highest BCUT2D eigenvalue weighted by molar-refractivity contribution is 6.36. The van der Waals surface area contributed by atoms with Crippen LogP contribution < -0.4 is 10.2 Å². The van der Waals surface area contributed by atoms with E-state index in [2.05, 4.69) is 10.5 Å². The van der Waals surface area contributed by atoms with Gasteiger partial charge in [0.05, 0.1) is 22.4 Å². The Hall–Kier alpha value is -3.15. The molecule has 29 heavy (non-hydrogen) atoms. The predicted octanol–water partition coefficient (Wildman–Crippen LogP) is 5.28. The summed E-state index contributed by atoms with van der Waals surface area (Å²) in [6, 6.07) is 18.5. The number of hydrogen-bond donors (Lipinski definition) is 1. The van der Waals surface area contributed by atoms with E-state index in [4.69, 9.17) is 27.9 Å². The lowest BCUT2D eigenvalue weighted by Gasteiger charge is -2.05. The molecule has 0 aliphatic carbocycles. The summed E-state index contributed by atoms with van der Waals surface area (Å²) in [5.41, 5.74) is 4.84. The van der Waals surface area contributed by atoms with Crippen LogP contribution in [0.2, 0.25) is 10.0 Å². The summed E-state index contributed by atoms with van der Waals surface area (Å²) in [7, 11) is 0. The molecule has 0 aromatic heterocycles. The van der Waals surface area contributed by atoms with Gasteiger partial charge in [0.1, 0.15) is 5.75 Å². The van der Waals surface area contributed by atoms with Gasteiger partial charge in [-0.2, -0.15) is 5.10 Å². The lowest BCUT2D eigenvalue weighted by molar-refractivity contribution is 0.0734. The van der Waals surface area contributed by atoms with Crippen molar-refractivity contribution in [1.82, 2.24) is 5.43 Å². The summed E-state index contributed by atoms with van der Waals surface area (Å²) in [4.78, 5) is 24.3. The number of carbonyl (C=O) groups is 2. The van der Waals surface area contributed by atoms with E-state index in [0.717, 1.165) is 5.56 Å². The van der Waals surface area contributed by atoms with Gasteiger partial charge in [0.25, 0.3) is 5.91 Å². The quantitative estimate of drug-likeness (QED) is 0.261. The molecule has 0 fully saturated rings. The molecule has 5 nitrogen and oxygen atoms in total. The number of ether oxygens (including phenoxy) is 1. The number of hydrogen-bond acceptors (Lipinski definition) is 4. The number of rotatable bonds is 5. The van der Waals surface area contributed by atoms with E-state index in [1.807, 2.05) is 13.0 Å². The summed E-state index contributed by atoms with van der Waals surface area (Å²) in [5, 5.41) is 4.59. The molecule has 3 aromatic carbocycles. The number of halogens is 2. The minimum atomic E-state index is -0.452. The zero-order chi connectivity index (χ0) is 20.8. The van der Waals surface area contributed by atoms with Crippen molar-refractivity contribution in [3.63, 3.8) is 0 Å². The van der Waals surface area contributed by atoms with Crippen molar-refractivity contribution >= 4 is 41.3 Å². The van der Waals surface area contributed by atoms with Crippen LogP contribution in [0.5, 0.6) is 5.75 Å². The SMILES string of the molecule is Cc1cccc(C(=O)Oc2ccc(C=NNC(=O)c3ccc(Cl)cc3Cl)cc2)c1. The van der Waals surface area contributed by atoms with E-state index in [-0.39, 0.29) is 10.6 Å². The maximum absolute atomic E-state index is 12.2. The van der Waals surface area contributed by atoms with Gasteiger partial charge in [0.15, 0.2) is 0 Å². The molecule has 0 radical (unpaired) electrons. The van der Waals surface area contributed by atoms with Gasteiger partial charge in [0, 0.05) is 5.02 Å². The second kappa shape index (κ2) is 9.37. The Labute approximate surface area is 177 Å². The standard InChI is InChI=1S/C22H16Cl2N2O3/c1-14-3-2-4-16(11-14)22(28)29-18-8-5-15(6-9-18)13-25-26-21(27)19-10-7-17(23)12-20(19)24/h2-13H,1H3,(H,26,27). The van der Waals surface area contributed by atoms with Crippen molar-refractivity contribution in [3.05, 3.63) is 99.0 Å². The highest BCUT2D eigenvalue weighted by Crippen LogP contribution is 2.20. The van der Waals surface area contributed by atoms with Crippen LogP contribution in [0, 0.1) is 6.92 Å². The molecule has 146 valence electrons. The third-order valence-electron chi connectivity index (χ3n) is 3.90. The minimum absolute atomic E-state index is 0.241. The molecule has 0 unspecified atom stereocenters. The third-order valence-corrected chi connectivity index (χ3v) is 4.45. The Bertz CT molecular complexity index is 1080. The smallest absolute Gasteiger partial charge is 0.343 e. The van der Waals surface area contributed by atoms with E-state index in [1.165, 1.54) is 18.3 Å². The first-order valence-corrected chi connectivity index (χ1v) is 9.35. The normalized spacial score (nSPS) is 10.7.